The molecular formula is C11H7N5O2. The number of amides is 1. The zero-order valence-corrected chi connectivity index (χ0v) is 9.04. The van der Waals surface area contributed by atoms with Gasteiger partial charge in [0.1, 0.15) is 17.6 Å². The number of carbonyl (C=O) groups is 1. The highest BCUT2D eigenvalue weighted by Crippen LogP contribution is 2.05. The first-order valence-corrected chi connectivity index (χ1v) is 4.92. The van der Waals surface area contributed by atoms with Crippen molar-refractivity contribution in [3.8, 4) is 6.07 Å². The predicted octanol–water partition coefficient (Wildman–Crippen LogP) is 0.289. The summed E-state index contributed by atoms with van der Waals surface area (Å²) in [6, 6.07) is 7.46. The Bertz CT molecular complexity index is 649. The van der Waals surface area contributed by atoms with Crippen LogP contribution in [-0.4, -0.2) is 21.1 Å². The Morgan fingerprint density at radius 2 is 2.17 bits per heavy atom. The molecule has 2 N–H and O–H groups in total. The minimum Gasteiger partial charge on any atom is -0.305 e. The SMILES string of the molecule is N#Cc1ccc(NC(=O)c2ccc(=O)[nH]n2)nc1. The van der Waals surface area contributed by atoms with Crippen molar-refractivity contribution in [2.24, 2.45) is 0 Å². The summed E-state index contributed by atoms with van der Waals surface area (Å²) in [5.74, 6) is -0.199. The Kier molecular flexibility index (Phi) is 3.11. The van der Waals surface area contributed by atoms with E-state index in [4.69, 9.17) is 5.26 Å². The zero-order chi connectivity index (χ0) is 13.0. The van der Waals surface area contributed by atoms with E-state index in [0.717, 1.165) is 0 Å². The fourth-order valence-electron chi connectivity index (χ4n) is 1.19. The number of H-pyrrole nitrogens is 1. The number of anilines is 1. The Morgan fingerprint density at radius 1 is 1.33 bits per heavy atom. The highest BCUT2D eigenvalue weighted by molar-refractivity contribution is 6.02. The molecule has 1 amide bonds. The summed E-state index contributed by atoms with van der Waals surface area (Å²) in [6.45, 7) is 0. The van der Waals surface area contributed by atoms with E-state index in [-0.39, 0.29) is 11.3 Å². The first kappa shape index (κ1) is 11.5. The molecule has 0 fully saturated rings. The van der Waals surface area contributed by atoms with Gasteiger partial charge in [-0.2, -0.15) is 10.4 Å². The molecule has 0 bridgehead atoms. The molecule has 88 valence electrons. The van der Waals surface area contributed by atoms with Gasteiger partial charge in [0, 0.05) is 12.3 Å². The molecule has 0 saturated carbocycles. The molecule has 0 aliphatic heterocycles. The third-order valence-corrected chi connectivity index (χ3v) is 2.05. The van der Waals surface area contributed by atoms with E-state index in [1.165, 1.54) is 30.5 Å². The van der Waals surface area contributed by atoms with Gasteiger partial charge >= 0.3 is 0 Å². The second-order valence-electron chi connectivity index (χ2n) is 3.30. The van der Waals surface area contributed by atoms with Crippen LogP contribution in [0.5, 0.6) is 0 Å². The lowest BCUT2D eigenvalue weighted by molar-refractivity contribution is 0.102. The van der Waals surface area contributed by atoms with E-state index in [1.54, 1.807) is 0 Å². The van der Waals surface area contributed by atoms with Crippen molar-refractivity contribution in [1.82, 2.24) is 15.2 Å². The van der Waals surface area contributed by atoms with Crippen molar-refractivity contribution in [3.05, 3.63) is 52.1 Å². The molecule has 0 aromatic carbocycles. The van der Waals surface area contributed by atoms with Crippen LogP contribution in [0.4, 0.5) is 5.82 Å². The highest BCUT2D eigenvalue weighted by atomic mass is 16.2. The molecule has 7 nitrogen and oxygen atoms in total. The van der Waals surface area contributed by atoms with E-state index in [9.17, 15) is 9.59 Å². The van der Waals surface area contributed by atoms with Gasteiger partial charge in [0.25, 0.3) is 11.5 Å². The van der Waals surface area contributed by atoms with Crippen molar-refractivity contribution >= 4 is 11.7 Å². The van der Waals surface area contributed by atoms with Gasteiger partial charge < -0.3 is 5.32 Å². The van der Waals surface area contributed by atoms with E-state index in [2.05, 4.69) is 20.5 Å². The maximum absolute atomic E-state index is 11.7. The summed E-state index contributed by atoms with van der Waals surface area (Å²) >= 11 is 0. The highest BCUT2D eigenvalue weighted by Gasteiger charge is 2.08. The standard InChI is InChI=1S/C11H7N5O2/c12-5-7-1-3-9(13-6-7)14-11(18)8-2-4-10(17)16-15-8/h1-4,6H,(H,16,17)(H,13,14,18). The largest absolute Gasteiger partial charge is 0.305 e. The van der Waals surface area contributed by atoms with Crippen LogP contribution in [0.1, 0.15) is 16.1 Å². The second kappa shape index (κ2) is 4.88. The number of hydrogen-bond donors (Lipinski definition) is 2. The van der Waals surface area contributed by atoms with Gasteiger partial charge in [-0.05, 0) is 18.2 Å². The Balaban J connectivity index is 2.13. The van der Waals surface area contributed by atoms with Gasteiger partial charge in [-0.15, -0.1) is 0 Å². The van der Waals surface area contributed by atoms with Gasteiger partial charge in [-0.1, -0.05) is 0 Å². The van der Waals surface area contributed by atoms with Gasteiger partial charge in [-0.3, -0.25) is 9.59 Å². The van der Waals surface area contributed by atoms with Crippen molar-refractivity contribution < 1.29 is 4.79 Å². The van der Waals surface area contributed by atoms with Crippen LogP contribution in [0.25, 0.3) is 0 Å². The smallest absolute Gasteiger partial charge is 0.277 e. The number of pyridine rings is 1. The summed E-state index contributed by atoms with van der Waals surface area (Å²) in [6.07, 6.45) is 1.34. The molecule has 2 heterocycles. The first-order valence-electron chi connectivity index (χ1n) is 4.92. The van der Waals surface area contributed by atoms with Crippen molar-refractivity contribution in [2.75, 3.05) is 5.32 Å². The third kappa shape index (κ3) is 2.56. The molecule has 2 aromatic heterocycles. The number of nitrogens with one attached hydrogen (secondary N) is 2. The second-order valence-corrected chi connectivity index (χ2v) is 3.30. The van der Waals surface area contributed by atoms with Crippen LogP contribution in [0.3, 0.4) is 0 Å². The normalized spacial score (nSPS) is 9.50. The number of nitrogens with zero attached hydrogens (tertiary/aromatic N) is 3. The Labute approximate surface area is 101 Å². The van der Waals surface area contributed by atoms with Crippen LogP contribution < -0.4 is 10.9 Å². The number of nitriles is 1. The van der Waals surface area contributed by atoms with Crippen LogP contribution in [-0.2, 0) is 0 Å². The number of aromatic amines is 1. The Hall–Kier alpha value is -3.01. The quantitative estimate of drug-likeness (QED) is 0.784. The molecule has 0 unspecified atom stereocenters. The molecular weight excluding hydrogens is 234 g/mol. The molecule has 0 saturated heterocycles. The van der Waals surface area contributed by atoms with Crippen molar-refractivity contribution in [3.63, 3.8) is 0 Å². The fourth-order valence-corrected chi connectivity index (χ4v) is 1.19. The van der Waals surface area contributed by atoms with Gasteiger partial charge in [0.15, 0.2) is 0 Å². The number of rotatable bonds is 2. The molecule has 18 heavy (non-hydrogen) atoms. The average Bonchev–Trinajstić information content (AvgIpc) is 2.40. The minimum atomic E-state index is -0.497. The lowest BCUT2D eigenvalue weighted by Crippen LogP contribution is -2.18. The molecule has 0 radical (unpaired) electrons. The predicted molar refractivity (Wildman–Crippen MR) is 61.8 cm³/mol. The van der Waals surface area contributed by atoms with Crippen LogP contribution in [0.15, 0.2) is 35.3 Å². The summed E-state index contributed by atoms with van der Waals surface area (Å²) < 4.78 is 0. The van der Waals surface area contributed by atoms with E-state index < -0.39 is 5.91 Å². The topological polar surface area (TPSA) is 112 Å². The maximum Gasteiger partial charge on any atom is 0.277 e. The monoisotopic (exact) mass is 241 g/mol. The molecule has 7 heteroatoms. The lowest BCUT2D eigenvalue weighted by atomic mass is 10.3. The summed E-state index contributed by atoms with van der Waals surface area (Å²) in [5.41, 5.74) is 0.0824. The zero-order valence-electron chi connectivity index (χ0n) is 9.04. The summed E-state index contributed by atoms with van der Waals surface area (Å²) in [7, 11) is 0. The van der Waals surface area contributed by atoms with Crippen LogP contribution in [0.2, 0.25) is 0 Å². The molecule has 0 spiro atoms. The van der Waals surface area contributed by atoms with E-state index in [0.29, 0.717) is 11.4 Å². The third-order valence-electron chi connectivity index (χ3n) is 2.05. The number of aromatic nitrogens is 3. The van der Waals surface area contributed by atoms with Crippen molar-refractivity contribution in [2.45, 2.75) is 0 Å². The average molecular weight is 241 g/mol. The van der Waals surface area contributed by atoms with E-state index in [1.807, 2.05) is 6.07 Å². The Morgan fingerprint density at radius 3 is 2.72 bits per heavy atom. The molecule has 2 aromatic rings. The van der Waals surface area contributed by atoms with Gasteiger partial charge in [0.05, 0.1) is 5.56 Å². The molecule has 0 atom stereocenters. The lowest BCUT2D eigenvalue weighted by Gasteiger charge is -2.02. The minimum absolute atomic E-state index is 0.0701. The van der Waals surface area contributed by atoms with Crippen molar-refractivity contribution in [1.29, 1.82) is 5.26 Å². The number of carbonyl (C=O) groups excluding carboxylic acids is 1. The number of hydrogen-bond acceptors (Lipinski definition) is 5. The van der Waals surface area contributed by atoms with Crippen LogP contribution in [0, 0.1) is 11.3 Å². The molecule has 0 aliphatic rings. The summed E-state index contributed by atoms with van der Waals surface area (Å²) in [5, 5.41) is 16.8. The molecule has 2 rings (SSSR count). The van der Waals surface area contributed by atoms with E-state index >= 15 is 0 Å². The first-order chi connectivity index (χ1) is 8.69. The van der Waals surface area contributed by atoms with Gasteiger partial charge in [0.2, 0.25) is 0 Å². The maximum atomic E-state index is 11.7. The van der Waals surface area contributed by atoms with Crippen LogP contribution >= 0.6 is 0 Å². The summed E-state index contributed by atoms with van der Waals surface area (Å²) in [4.78, 5) is 26.3. The molecule has 0 aliphatic carbocycles. The fraction of sp³-hybridized carbons (Fsp3) is 0. The van der Waals surface area contributed by atoms with Gasteiger partial charge in [-0.25, -0.2) is 10.1 Å².